The SMILES string of the molecule is Cc1cccc(OC2CN(C(=O)CCc3c(C)noc3C)C2)n1. The topological polar surface area (TPSA) is 68.5 Å². The van der Waals surface area contributed by atoms with Crippen LogP contribution in [0.3, 0.4) is 0 Å². The van der Waals surface area contributed by atoms with Crippen molar-refractivity contribution in [1.82, 2.24) is 15.0 Å². The second-order valence-electron chi connectivity index (χ2n) is 5.96. The van der Waals surface area contributed by atoms with E-state index in [0.717, 1.165) is 22.7 Å². The van der Waals surface area contributed by atoms with Gasteiger partial charge >= 0.3 is 0 Å². The number of aromatic nitrogens is 2. The van der Waals surface area contributed by atoms with Crippen LogP contribution in [0.25, 0.3) is 0 Å². The summed E-state index contributed by atoms with van der Waals surface area (Å²) in [5.41, 5.74) is 2.83. The Morgan fingerprint density at radius 3 is 2.78 bits per heavy atom. The molecule has 0 atom stereocenters. The first-order chi connectivity index (χ1) is 11.0. The van der Waals surface area contributed by atoms with Gasteiger partial charge in [-0.15, -0.1) is 0 Å². The van der Waals surface area contributed by atoms with Crippen molar-refractivity contribution < 1.29 is 14.1 Å². The molecule has 0 radical (unpaired) electrons. The van der Waals surface area contributed by atoms with Crippen LogP contribution in [0.5, 0.6) is 5.88 Å². The van der Waals surface area contributed by atoms with Crippen LogP contribution in [0.15, 0.2) is 22.7 Å². The van der Waals surface area contributed by atoms with E-state index in [0.29, 0.717) is 31.8 Å². The average Bonchev–Trinajstić information content (AvgIpc) is 2.79. The number of carbonyl (C=O) groups excluding carboxylic acids is 1. The Hall–Kier alpha value is -2.37. The summed E-state index contributed by atoms with van der Waals surface area (Å²) in [7, 11) is 0. The maximum atomic E-state index is 12.2. The number of likely N-dealkylation sites (tertiary alicyclic amines) is 1. The van der Waals surface area contributed by atoms with Gasteiger partial charge in [-0.3, -0.25) is 4.79 Å². The Balaban J connectivity index is 1.45. The van der Waals surface area contributed by atoms with Crippen LogP contribution >= 0.6 is 0 Å². The van der Waals surface area contributed by atoms with Crippen molar-refractivity contribution in [3.05, 3.63) is 40.9 Å². The fourth-order valence-corrected chi connectivity index (χ4v) is 2.72. The minimum Gasteiger partial charge on any atom is -0.471 e. The summed E-state index contributed by atoms with van der Waals surface area (Å²) in [5, 5.41) is 3.91. The molecule has 0 bridgehead atoms. The molecular formula is C17H21N3O3. The van der Waals surface area contributed by atoms with Crippen molar-refractivity contribution in [1.29, 1.82) is 0 Å². The Morgan fingerprint density at radius 2 is 2.13 bits per heavy atom. The minimum absolute atomic E-state index is 0.0346. The molecule has 3 rings (SSSR count). The lowest BCUT2D eigenvalue weighted by molar-refractivity contribution is -0.140. The summed E-state index contributed by atoms with van der Waals surface area (Å²) in [4.78, 5) is 18.3. The van der Waals surface area contributed by atoms with Crippen LogP contribution in [0.1, 0.15) is 29.1 Å². The summed E-state index contributed by atoms with van der Waals surface area (Å²) in [6.45, 7) is 6.95. The zero-order chi connectivity index (χ0) is 16.4. The van der Waals surface area contributed by atoms with Crippen molar-refractivity contribution in [3.8, 4) is 5.88 Å². The quantitative estimate of drug-likeness (QED) is 0.846. The van der Waals surface area contributed by atoms with Crippen molar-refractivity contribution in [2.75, 3.05) is 13.1 Å². The lowest BCUT2D eigenvalue weighted by atomic mass is 10.1. The van der Waals surface area contributed by atoms with Crippen LogP contribution in [-0.4, -0.2) is 40.1 Å². The Labute approximate surface area is 135 Å². The summed E-state index contributed by atoms with van der Waals surface area (Å²) in [5.74, 6) is 1.56. The molecule has 1 aliphatic rings. The standard InChI is InChI=1S/C17H21N3O3/c1-11-5-4-6-16(18-11)22-14-9-20(10-14)17(21)8-7-15-12(2)19-23-13(15)3/h4-6,14H,7-10H2,1-3H3. The Morgan fingerprint density at radius 1 is 1.35 bits per heavy atom. The molecule has 1 saturated heterocycles. The molecule has 2 aromatic heterocycles. The van der Waals surface area contributed by atoms with Gasteiger partial charge < -0.3 is 14.2 Å². The lowest BCUT2D eigenvalue weighted by Crippen LogP contribution is -2.56. The molecule has 0 unspecified atom stereocenters. The van der Waals surface area contributed by atoms with Crippen molar-refractivity contribution in [2.24, 2.45) is 0 Å². The van der Waals surface area contributed by atoms with Crippen molar-refractivity contribution in [2.45, 2.75) is 39.7 Å². The summed E-state index contributed by atoms with van der Waals surface area (Å²) in [6.07, 6.45) is 1.17. The van der Waals surface area contributed by atoms with Gasteiger partial charge in [0.2, 0.25) is 11.8 Å². The largest absolute Gasteiger partial charge is 0.471 e. The maximum absolute atomic E-state index is 12.2. The molecule has 2 aromatic rings. The van der Waals surface area contributed by atoms with Gasteiger partial charge in [0.05, 0.1) is 18.8 Å². The number of ether oxygens (including phenoxy) is 1. The van der Waals surface area contributed by atoms with E-state index in [2.05, 4.69) is 10.1 Å². The molecule has 6 nitrogen and oxygen atoms in total. The van der Waals surface area contributed by atoms with Crippen LogP contribution in [0.4, 0.5) is 0 Å². The van der Waals surface area contributed by atoms with E-state index in [1.165, 1.54) is 0 Å². The van der Waals surface area contributed by atoms with E-state index in [1.54, 1.807) is 0 Å². The van der Waals surface area contributed by atoms with Crippen LogP contribution in [-0.2, 0) is 11.2 Å². The number of hydrogen-bond donors (Lipinski definition) is 0. The molecule has 0 saturated carbocycles. The second kappa shape index (κ2) is 6.40. The third kappa shape index (κ3) is 3.52. The number of nitrogens with zero attached hydrogens (tertiary/aromatic N) is 3. The van der Waals surface area contributed by atoms with Crippen molar-refractivity contribution >= 4 is 5.91 Å². The lowest BCUT2D eigenvalue weighted by Gasteiger charge is -2.38. The predicted molar refractivity (Wildman–Crippen MR) is 84.3 cm³/mol. The average molecular weight is 315 g/mol. The first-order valence-corrected chi connectivity index (χ1v) is 7.83. The number of carbonyl (C=O) groups is 1. The number of rotatable bonds is 5. The van der Waals surface area contributed by atoms with E-state index >= 15 is 0 Å². The molecule has 6 heteroatoms. The molecule has 1 amide bonds. The monoisotopic (exact) mass is 315 g/mol. The molecule has 3 heterocycles. The van der Waals surface area contributed by atoms with Gasteiger partial charge in [-0.1, -0.05) is 11.2 Å². The molecule has 1 fully saturated rings. The predicted octanol–water partition coefficient (Wildman–Crippen LogP) is 2.22. The third-order valence-electron chi connectivity index (χ3n) is 4.12. The molecule has 0 aliphatic carbocycles. The summed E-state index contributed by atoms with van der Waals surface area (Å²) >= 11 is 0. The van der Waals surface area contributed by atoms with E-state index in [4.69, 9.17) is 9.26 Å². The van der Waals surface area contributed by atoms with Gasteiger partial charge in [0.15, 0.2) is 0 Å². The van der Waals surface area contributed by atoms with E-state index < -0.39 is 0 Å². The second-order valence-corrected chi connectivity index (χ2v) is 5.96. The highest BCUT2D eigenvalue weighted by Gasteiger charge is 2.32. The summed E-state index contributed by atoms with van der Waals surface area (Å²) in [6, 6.07) is 5.69. The minimum atomic E-state index is 0.0346. The first kappa shape index (κ1) is 15.5. The molecule has 1 aliphatic heterocycles. The molecular weight excluding hydrogens is 294 g/mol. The highest BCUT2D eigenvalue weighted by Crippen LogP contribution is 2.19. The normalized spacial score (nSPS) is 14.7. The molecule has 0 spiro atoms. The van der Waals surface area contributed by atoms with Crippen LogP contribution in [0.2, 0.25) is 0 Å². The van der Waals surface area contributed by atoms with E-state index in [1.807, 2.05) is 43.9 Å². The van der Waals surface area contributed by atoms with Gasteiger partial charge in [0.25, 0.3) is 0 Å². The summed E-state index contributed by atoms with van der Waals surface area (Å²) < 4.78 is 10.9. The molecule has 23 heavy (non-hydrogen) atoms. The Kier molecular flexibility index (Phi) is 4.32. The van der Waals surface area contributed by atoms with E-state index in [9.17, 15) is 4.79 Å². The third-order valence-corrected chi connectivity index (χ3v) is 4.12. The van der Waals surface area contributed by atoms with Gasteiger partial charge in [-0.25, -0.2) is 4.98 Å². The Bertz CT molecular complexity index is 685. The van der Waals surface area contributed by atoms with Crippen LogP contribution in [0, 0.1) is 20.8 Å². The number of amides is 1. The molecule has 0 N–H and O–H groups in total. The number of pyridine rings is 1. The van der Waals surface area contributed by atoms with Gasteiger partial charge in [0, 0.05) is 23.7 Å². The maximum Gasteiger partial charge on any atom is 0.223 e. The van der Waals surface area contributed by atoms with Gasteiger partial charge in [-0.2, -0.15) is 0 Å². The smallest absolute Gasteiger partial charge is 0.223 e. The zero-order valence-electron chi connectivity index (χ0n) is 13.7. The molecule has 122 valence electrons. The van der Waals surface area contributed by atoms with Crippen LogP contribution < -0.4 is 4.74 Å². The highest BCUT2D eigenvalue weighted by atomic mass is 16.5. The fourth-order valence-electron chi connectivity index (χ4n) is 2.72. The number of hydrogen-bond acceptors (Lipinski definition) is 5. The first-order valence-electron chi connectivity index (χ1n) is 7.83. The zero-order valence-corrected chi connectivity index (χ0v) is 13.7. The molecule has 0 aromatic carbocycles. The fraction of sp³-hybridized carbons (Fsp3) is 0.471. The van der Waals surface area contributed by atoms with Gasteiger partial charge in [0.1, 0.15) is 11.9 Å². The highest BCUT2D eigenvalue weighted by molar-refractivity contribution is 5.77. The van der Waals surface area contributed by atoms with Crippen molar-refractivity contribution in [3.63, 3.8) is 0 Å². The van der Waals surface area contributed by atoms with E-state index in [-0.39, 0.29) is 12.0 Å². The van der Waals surface area contributed by atoms with Gasteiger partial charge in [-0.05, 0) is 33.3 Å². The number of aryl methyl sites for hydroxylation is 3.